The van der Waals surface area contributed by atoms with E-state index >= 15 is 0 Å². The Kier molecular flexibility index (Phi) is 4.24. The van der Waals surface area contributed by atoms with Gasteiger partial charge in [0.1, 0.15) is 0 Å². The molecule has 4 nitrogen and oxygen atoms in total. The maximum Gasteiger partial charge on any atom is 0.337 e. The topological polar surface area (TPSA) is 55.4 Å². The van der Waals surface area contributed by atoms with Crippen LogP contribution in [0.4, 0.5) is 5.69 Å². The number of Topliss-reactive ketones (excluding diaryl/α,β-unsaturated/α-hetero) is 1. The van der Waals surface area contributed by atoms with Crippen molar-refractivity contribution in [3.63, 3.8) is 0 Å². The van der Waals surface area contributed by atoms with E-state index in [1.807, 2.05) is 24.3 Å². The Bertz CT molecular complexity index is 775. The Hall–Kier alpha value is -2.88. The van der Waals surface area contributed by atoms with Gasteiger partial charge in [-0.15, -0.1) is 0 Å². The maximum atomic E-state index is 12.5. The van der Waals surface area contributed by atoms with E-state index in [1.165, 1.54) is 7.11 Å². The third-order valence-electron chi connectivity index (χ3n) is 3.94. The van der Waals surface area contributed by atoms with Gasteiger partial charge >= 0.3 is 5.97 Å². The molecule has 0 spiro atoms. The maximum absolute atomic E-state index is 12.5. The van der Waals surface area contributed by atoms with Gasteiger partial charge < -0.3 is 10.1 Å². The minimum atomic E-state index is -0.367. The van der Waals surface area contributed by atoms with E-state index in [2.05, 4.69) is 10.1 Å². The normalized spacial score (nSPS) is 15.2. The first-order valence-electron chi connectivity index (χ1n) is 7.45. The highest BCUT2D eigenvalue weighted by atomic mass is 16.5. The van der Waals surface area contributed by atoms with Crippen LogP contribution < -0.4 is 5.32 Å². The van der Waals surface area contributed by atoms with Crippen molar-refractivity contribution in [3.8, 4) is 0 Å². The summed E-state index contributed by atoms with van der Waals surface area (Å²) in [5, 5.41) is 3.12. The van der Waals surface area contributed by atoms with Crippen molar-refractivity contribution < 1.29 is 14.3 Å². The highest BCUT2D eigenvalue weighted by Gasteiger charge is 2.20. The number of nitrogens with one attached hydrogen (secondary N) is 1. The van der Waals surface area contributed by atoms with Crippen LogP contribution in [0.3, 0.4) is 0 Å². The average molecular weight is 307 g/mol. The van der Waals surface area contributed by atoms with Crippen LogP contribution in [0.15, 0.2) is 60.3 Å². The highest BCUT2D eigenvalue weighted by molar-refractivity contribution is 6.10. The lowest BCUT2D eigenvalue weighted by atomic mass is 9.87. The van der Waals surface area contributed by atoms with E-state index in [0.29, 0.717) is 5.56 Å². The van der Waals surface area contributed by atoms with E-state index in [-0.39, 0.29) is 11.8 Å². The van der Waals surface area contributed by atoms with Gasteiger partial charge in [0.15, 0.2) is 5.78 Å². The molecule has 0 fully saturated rings. The van der Waals surface area contributed by atoms with Crippen LogP contribution in [0, 0.1) is 0 Å². The molecule has 2 aromatic carbocycles. The zero-order chi connectivity index (χ0) is 16.2. The number of methoxy groups -OCH3 is 1. The van der Waals surface area contributed by atoms with Crippen molar-refractivity contribution >= 4 is 17.4 Å². The zero-order valence-corrected chi connectivity index (χ0v) is 12.8. The summed E-state index contributed by atoms with van der Waals surface area (Å²) in [7, 11) is 1.35. The molecule has 0 saturated heterocycles. The number of carbonyl (C=O) groups excluding carboxylic acids is 2. The molecule has 0 saturated carbocycles. The largest absolute Gasteiger partial charge is 0.465 e. The summed E-state index contributed by atoms with van der Waals surface area (Å²) in [5.41, 5.74) is 3.97. The molecule has 0 atom stereocenters. The first kappa shape index (κ1) is 15.0. The highest BCUT2D eigenvalue weighted by Crippen LogP contribution is 2.25. The van der Waals surface area contributed by atoms with Crippen molar-refractivity contribution in [2.24, 2.45) is 0 Å². The van der Waals surface area contributed by atoms with E-state index in [1.54, 1.807) is 30.5 Å². The lowest BCUT2D eigenvalue weighted by molar-refractivity contribution is 0.0600. The summed E-state index contributed by atoms with van der Waals surface area (Å²) >= 11 is 0. The molecule has 1 N–H and O–H groups in total. The summed E-state index contributed by atoms with van der Waals surface area (Å²) in [5.74, 6) is -0.292. The second-order valence-electron chi connectivity index (χ2n) is 5.37. The molecule has 0 amide bonds. The molecule has 0 aliphatic heterocycles. The number of benzene rings is 2. The van der Waals surface area contributed by atoms with Crippen LogP contribution in [0.2, 0.25) is 0 Å². The van der Waals surface area contributed by atoms with Crippen LogP contribution in [0.25, 0.3) is 0 Å². The third kappa shape index (κ3) is 3.16. The number of hydrogen-bond acceptors (Lipinski definition) is 4. The van der Waals surface area contributed by atoms with E-state index < -0.39 is 0 Å². The Balaban J connectivity index is 1.74. The van der Waals surface area contributed by atoms with E-state index in [0.717, 1.165) is 35.2 Å². The second kappa shape index (κ2) is 6.48. The summed E-state index contributed by atoms with van der Waals surface area (Å²) in [6.45, 7) is 0. The van der Waals surface area contributed by atoms with Crippen LogP contribution in [0.5, 0.6) is 0 Å². The number of ketones is 1. The summed E-state index contributed by atoms with van der Waals surface area (Å²) < 4.78 is 4.66. The van der Waals surface area contributed by atoms with Crippen molar-refractivity contribution in [2.75, 3.05) is 12.4 Å². The average Bonchev–Trinajstić information content (AvgIpc) is 2.61. The molecule has 0 bridgehead atoms. The van der Waals surface area contributed by atoms with Crippen LogP contribution in [0.1, 0.15) is 32.7 Å². The monoisotopic (exact) mass is 307 g/mol. The Morgan fingerprint density at radius 3 is 2.57 bits per heavy atom. The minimum Gasteiger partial charge on any atom is -0.465 e. The number of carbonyl (C=O) groups is 2. The molecule has 1 aliphatic carbocycles. The van der Waals surface area contributed by atoms with Gasteiger partial charge in [-0.05, 0) is 42.7 Å². The SMILES string of the molecule is COC(=O)c1ccc(N/C=C2/CCc3ccccc3C2=O)cc1. The smallest absolute Gasteiger partial charge is 0.337 e. The first-order chi connectivity index (χ1) is 11.2. The van der Waals surface area contributed by atoms with Crippen molar-refractivity contribution in [2.45, 2.75) is 12.8 Å². The molecular formula is C19H17NO3. The van der Waals surface area contributed by atoms with Crippen molar-refractivity contribution in [1.29, 1.82) is 0 Å². The van der Waals surface area contributed by atoms with Gasteiger partial charge in [-0.25, -0.2) is 4.79 Å². The van der Waals surface area contributed by atoms with Gasteiger partial charge in [-0.1, -0.05) is 24.3 Å². The Morgan fingerprint density at radius 2 is 1.83 bits per heavy atom. The van der Waals surface area contributed by atoms with Crippen LogP contribution >= 0.6 is 0 Å². The number of aryl methyl sites for hydroxylation is 1. The molecule has 0 heterocycles. The van der Waals surface area contributed by atoms with Gasteiger partial charge in [0.05, 0.1) is 12.7 Å². The molecule has 2 aromatic rings. The standard InChI is InChI=1S/C19H17NO3/c1-23-19(22)14-8-10-16(11-9-14)20-12-15-7-6-13-4-2-3-5-17(13)18(15)21/h2-5,8-12,20H,6-7H2,1H3/b15-12-. The minimum absolute atomic E-state index is 0.0746. The number of ether oxygens (including phenoxy) is 1. The lowest BCUT2D eigenvalue weighted by Gasteiger charge is -2.17. The molecule has 4 heteroatoms. The zero-order valence-electron chi connectivity index (χ0n) is 12.8. The molecular weight excluding hydrogens is 290 g/mol. The Morgan fingerprint density at radius 1 is 1.09 bits per heavy atom. The molecule has 3 rings (SSSR count). The summed E-state index contributed by atoms with van der Waals surface area (Å²) in [6, 6.07) is 14.7. The molecule has 0 aromatic heterocycles. The second-order valence-corrected chi connectivity index (χ2v) is 5.37. The number of esters is 1. The molecule has 23 heavy (non-hydrogen) atoms. The molecule has 116 valence electrons. The van der Waals surface area contributed by atoms with Crippen molar-refractivity contribution in [1.82, 2.24) is 0 Å². The summed E-state index contributed by atoms with van der Waals surface area (Å²) in [6.07, 6.45) is 3.35. The Labute approximate surface area is 134 Å². The third-order valence-corrected chi connectivity index (χ3v) is 3.94. The number of hydrogen-bond donors (Lipinski definition) is 1. The fourth-order valence-corrected chi connectivity index (χ4v) is 2.64. The molecule has 0 radical (unpaired) electrons. The van der Waals surface area contributed by atoms with Crippen LogP contribution in [-0.4, -0.2) is 18.9 Å². The predicted molar refractivity (Wildman–Crippen MR) is 88.6 cm³/mol. The predicted octanol–water partition coefficient (Wildman–Crippen LogP) is 3.60. The quantitative estimate of drug-likeness (QED) is 0.695. The van der Waals surface area contributed by atoms with E-state index in [9.17, 15) is 9.59 Å². The molecule has 0 unspecified atom stereocenters. The van der Waals surface area contributed by atoms with Crippen molar-refractivity contribution in [3.05, 3.63) is 77.0 Å². The number of anilines is 1. The number of rotatable bonds is 3. The summed E-state index contributed by atoms with van der Waals surface area (Å²) in [4.78, 5) is 23.8. The van der Waals surface area contributed by atoms with Gasteiger partial charge in [0, 0.05) is 23.0 Å². The number of fused-ring (bicyclic) bond motifs is 1. The molecule has 1 aliphatic rings. The van der Waals surface area contributed by atoms with Gasteiger partial charge in [0.2, 0.25) is 0 Å². The van der Waals surface area contributed by atoms with E-state index in [4.69, 9.17) is 0 Å². The van der Waals surface area contributed by atoms with Gasteiger partial charge in [0.25, 0.3) is 0 Å². The lowest BCUT2D eigenvalue weighted by Crippen LogP contribution is -2.15. The fourth-order valence-electron chi connectivity index (χ4n) is 2.64. The van der Waals surface area contributed by atoms with Gasteiger partial charge in [-0.3, -0.25) is 4.79 Å². The number of allylic oxidation sites excluding steroid dienone is 1. The fraction of sp³-hybridized carbons (Fsp3) is 0.158. The van der Waals surface area contributed by atoms with Gasteiger partial charge in [-0.2, -0.15) is 0 Å². The first-order valence-corrected chi connectivity index (χ1v) is 7.45. The van der Waals surface area contributed by atoms with Crippen LogP contribution in [-0.2, 0) is 11.2 Å².